The minimum Gasteiger partial charge on any atom is -0.352 e. The number of ether oxygens (including phenoxy) is 2. The van der Waals surface area contributed by atoms with Crippen LogP contribution >= 0.6 is 0 Å². The number of hydrogen-bond donors (Lipinski definition) is 0. The molecule has 1 fully saturated rings. The lowest BCUT2D eigenvalue weighted by Gasteiger charge is -2.29. The third-order valence-corrected chi connectivity index (χ3v) is 5.78. The summed E-state index contributed by atoms with van der Waals surface area (Å²) in [5.74, 6) is 0.162. The Bertz CT molecular complexity index is 820. The van der Waals surface area contributed by atoms with E-state index in [1.54, 1.807) is 12.1 Å². The highest BCUT2D eigenvalue weighted by molar-refractivity contribution is 5.65. The lowest BCUT2D eigenvalue weighted by molar-refractivity contribution is -0.203. The molecule has 3 rings (SSSR count). The van der Waals surface area contributed by atoms with E-state index < -0.39 is 0 Å². The highest BCUT2D eigenvalue weighted by Gasteiger charge is 2.21. The molecule has 0 amide bonds. The van der Waals surface area contributed by atoms with Gasteiger partial charge in [-0.3, -0.25) is 0 Å². The quantitative estimate of drug-likeness (QED) is 0.413. The molecule has 0 spiro atoms. The van der Waals surface area contributed by atoms with E-state index in [1.807, 2.05) is 30.3 Å². The molecule has 0 atom stereocenters. The molecule has 2 aromatic carbocycles. The minimum absolute atomic E-state index is 0.128. The molecular weight excluding hydrogens is 377 g/mol. The molecule has 160 valence electrons. The van der Waals surface area contributed by atoms with Crippen molar-refractivity contribution in [2.75, 3.05) is 13.2 Å². The highest BCUT2D eigenvalue weighted by atomic mass is 19.1. The summed E-state index contributed by atoms with van der Waals surface area (Å²) in [6.45, 7) is 3.84. The zero-order valence-electron chi connectivity index (χ0n) is 17.9. The Morgan fingerprint density at radius 3 is 2.37 bits per heavy atom. The summed E-state index contributed by atoms with van der Waals surface area (Å²) in [6.07, 6.45) is 9.31. The van der Waals surface area contributed by atoms with Crippen molar-refractivity contribution < 1.29 is 13.9 Å². The number of halogens is 1. The number of nitrogens with zero attached hydrogens (tertiary/aromatic N) is 1. The first-order valence-electron chi connectivity index (χ1n) is 11.2. The van der Waals surface area contributed by atoms with E-state index in [0.29, 0.717) is 17.0 Å². The Labute approximate surface area is 179 Å². The molecule has 0 bridgehead atoms. The van der Waals surface area contributed by atoms with Crippen molar-refractivity contribution in [3.8, 4) is 17.2 Å². The highest BCUT2D eigenvalue weighted by Crippen LogP contribution is 2.25. The van der Waals surface area contributed by atoms with Gasteiger partial charge in [-0.15, -0.1) is 0 Å². The minimum atomic E-state index is -0.370. The van der Waals surface area contributed by atoms with Crippen LogP contribution in [-0.2, 0) is 15.9 Å². The molecule has 1 aliphatic rings. The molecule has 1 heterocycles. The van der Waals surface area contributed by atoms with Gasteiger partial charge in [-0.2, -0.15) is 5.26 Å². The van der Waals surface area contributed by atoms with E-state index in [9.17, 15) is 4.39 Å². The topological polar surface area (TPSA) is 42.2 Å². The Morgan fingerprint density at radius 2 is 1.70 bits per heavy atom. The summed E-state index contributed by atoms with van der Waals surface area (Å²) in [5.41, 5.74) is 2.84. The second-order valence-corrected chi connectivity index (χ2v) is 8.21. The lowest BCUT2D eigenvalue weighted by atomic mass is 10.00. The summed E-state index contributed by atoms with van der Waals surface area (Å²) < 4.78 is 26.0. The molecule has 2 aromatic rings. The number of nitriles is 1. The Hall–Kier alpha value is -2.22. The van der Waals surface area contributed by atoms with Crippen molar-refractivity contribution in [3.05, 3.63) is 59.4 Å². The molecule has 3 nitrogen and oxygen atoms in total. The van der Waals surface area contributed by atoms with Crippen LogP contribution in [0.4, 0.5) is 4.39 Å². The summed E-state index contributed by atoms with van der Waals surface area (Å²) in [7, 11) is 0. The van der Waals surface area contributed by atoms with E-state index in [0.717, 1.165) is 31.6 Å². The lowest BCUT2D eigenvalue weighted by Crippen LogP contribution is -2.32. The molecule has 0 N–H and O–H groups in total. The zero-order chi connectivity index (χ0) is 21.2. The molecule has 1 saturated heterocycles. The standard InChI is InChI=1S/C26H32FNO2/c1-2-3-4-5-6-7-22-18-29-26(30-19-22)15-11-20-8-12-23(13-9-20)24-14-10-21(17-28)16-25(24)27/h8-10,12-14,16,22,26H,2-7,11,15,18-19H2,1H3. The maximum Gasteiger partial charge on any atom is 0.157 e. The normalized spacial score (nSPS) is 18.8. The van der Waals surface area contributed by atoms with Gasteiger partial charge in [0, 0.05) is 17.9 Å². The van der Waals surface area contributed by atoms with Gasteiger partial charge < -0.3 is 9.47 Å². The molecular formula is C26H32FNO2. The van der Waals surface area contributed by atoms with Gasteiger partial charge in [0.1, 0.15) is 5.82 Å². The maximum atomic E-state index is 14.2. The first kappa shape index (κ1) is 22.5. The predicted molar refractivity (Wildman–Crippen MR) is 117 cm³/mol. The molecule has 0 aromatic heterocycles. The van der Waals surface area contributed by atoms with E-state index in [4.69, 9.17) is 14.7 Å². The summed E-state index contributed by atoms with van der Waals surface area (Å²) >= 11 is 0. The van der Waals surface area contributed by atoms with Crippen LogP contribution in [0.25, 0.3) is 11.1 Å². The number of benzene rings is 2. The van der Waals surface area contributed by atoms with Gasteiger partial charge in [0.2, 0.25) is 0 Å². The summed E-state index contributed by atoms with van der Waals surface area (Å²) in [5, 5.41) is 8.87. The fourth-order valence-corrected chi connectivity index (χ4v) is 3.91. The van der Waals surface area contributed by atoms with Crippen LogP contribution in [0.2, 0.25) is 0 Å². The molecule has 1 aliphatic heterocycles. The second-order valence-electron chi connectivity index (χ2n) is 8.21. The van der Waals surface area contributed by atoms with E-state index in [-0.39, 0.29) is 12.1 Å². The second kappa shape index (κ2) is 11.8. The van der Waals surface area contributed by atoms with Gasteiger partial charge in [0.05, 0.1) is 24.8 Å². The molecule has 0 saturated carbocycles. The predicted octanol–water partition coefficient (Wildman–Crippen LogP) is 6.65. The smallest absolute Gasteiger partial charge is 0.157 e. The summed E-state index contributed by atoms with van der Waals surface area (Å²) in [6, 6.07) is 14.4. The van der Waals surface area contributed by atoms with E-state index >= 15 is 0 Å². The van der Waals surface area contributed by atoms with Crippen LogP contribution in [0.3, 0.4) is 0 Å². The first-order chi connectivity index (χ1) is 14.7. The van der Waals surface area contributed by atoms with Crippen LogP contribution in [0.15, 0.2) is 42.5 Å². The fraction of sp³-hybridized carbons (Fsp3) is 0.500. The van der Waals surface area contributed by atoms with Gasteiger partial charge in [0.25, 0.3) is 0 Å². The molecule has 0 unspecified atom stereocenters. The van der Waals surface area contributed by atoms with Crippen molar-refractivity contribution >= 4 is 0 Å². The molecule has 0 aliphatic carbocycles. The largest absolute Gasteiger partial charge is 0.352 e. The molecule has 0 radical (unpaired) electrons. The Morgan fingerprint density at radius 1 is 0.967 bits per heavy atom. The monoisotopic (exact) mass is 409 g/mol. The fourth-order valence-electron chi connectivity index (χ4n) is 3.91. The van der Waals surface area contributed by atoms with E-state index in [1.165, 1.54) is 50.2 Å². The third-order valence-electron chi connectivity index (χ3n) is 5.78. The summed E-state index contributed by atoms with van der Waals surface area (Å²) in [4.78, 5) is 0. The van der Waals surface area contributed by atoms with Gasteiger partial charge in [0.15, 0.2) is 6.29 Å². The average molecular weight is 410 g/mol. The van der Waals surface area contributed by atoms with Crippen LogP contribution in [0.1, 0.15) is 63.0 Å². The van der Waals surface area contributed by atoms with Gasteiger partial charge in [-0.05, 0) is 36.1 Å². The van der Waals surface area contributed by atoms with Crippen molar-refractivity contribution in [1.29, 1.82) is 5.26 Å². The first-order valence-corrected chi connectivity index (χ1v) is 11.2. The van der Waals surface area contributed by atoms with Crippen molar-refractivity contribution in [3.63, 3.8) is 0 Å². The average Bonchev–Trinajstić information content (AvgIpc) is 2.79. The SMILES string of the molecule is CCCCCCCC1COC(CCc2ccc(-c3ccc(C#N)cc3F)cc2)OC1. The Balaban J connectivity index is 1.40. The van der Waals surface area contributed by atoms with Crippen LogP contribution < -0.4 is 0 Å². The third kappa shape index (κ3) is 6.65. The number of aryl methyl sites for hydroxylation is 1. The van der Waals surface area contributed by atoms with Crippen LogP contribution in [-0.4, -0.2) is 19.5 Å². The van der Waals surface area contributed by atoms with Crippen molar-refractivity contribution in [1.82, 2.24) is 0 Å². The maximum absolute atomic E-state index is 14.2. The van der Waals surface area contributed by atoms with Gasteiger partial charge in [-0.1, -0.05) is 69.4 Å². The zero-order valence-corrected chi connectivity index (χ0v) is 17.9. The van der Waals surface area contributed by atoms with Crippen LogP contribution in [0.5, 0.6) is 0 Å². The number of hydrogen-bond acceptors (Lipinski definition) is 3. The van der Waals surface area contributed by atoms with Crippen LogP contribution in [0, 0.1) is 23.1 Å². The van der Waals surface area contributed by atoms with Crippen molar-refractivity contribution in [2.45, 2.75) is 64.6 Å². The number of unbranched alkanes of at least 4 members (excludes halogenated alkanes) is 4. The van der Waals surface area contributed by atoms with E-state index in [2.05, 4.69) is 6.92 Å². The number of rotatable bonds is 10. The van der Waals surface area contributed by atoms with Gasteiger partial charge >= 0.3 is 0 Å². The Kier molecular flexibility index (Phi) is 8.86. The van der Waals surface area contributed by atoms with Crippen molar-refractivity contribution in [2.24, 2.45) is 5.92 Å². The van der Waals surface area contributed by atoms with Gasteiger partial charge in [-0.25, -0.2) is 4.39 Å². The molecule has 30 heavy (non-hydrogen) atoms. The molecule has 4 heteroatoms.